The summed E-state index contributed by atoms with van der Waals surface area (Å²) in [6, 6.07) is -1.03. The summed E-state index contributed by atoms with van der Waals surface area (Å²) < 4.78 is 0. The van der Waals surface area contributed by atoms with Crippen molar-refractivity contribution in [3.05, 3.63) is 0 Å². The highest BCUT2D eigenvalue weighted by Gasteiger charge is 2.51. The second kappa shape index (κ2) is 6.27. The van der Waals surface area contributed by atoms with Crippen molar-refractivity contribution < 1.29 is 19.5 Å². The van der Waals surface area contributed by atoms with E-state index in [-0.39, 0.29) is 12.1 Å². The van der Waals surface area contributed by atoms with Crippen LogP contribution in [0.15, 0.2) is 0 Å². The lowest BCUT2D eigenvalue weighted by atomic mass is 9.53. The van der Waals surface area contributed by atoms with Crippen LogP contribution in [-0.4, -0.2) is 52.6 Å². The Morgan fingerprint density at radius 3 is 2.20 bits per heavy atom. The number of nitrogens with zero attached hydrogens (tertiary/aromatic N) is 1. The maximum atomic E-state index is 12.3. The zero-order chi connectivity index (χ0) is 17.6. The molecule has 138 valence electrons. The smallest absolute Gasteiger partial charge is 0.321 e. The van der Waals surface area contributed by atoms with Gasteiger partial charge in [-0.25, -0.2) is 4.79 Å². The van der Waals surface area contributed by atoms with Crippen LogP contribution in [0.2, 0.25) is 0 Å². The van der Waals surface area contributed by atoms with E-state index in [9.17, 15) is 14.4 Å². The molecule has 4 aliphatic carbocycles. The van der Waals surface area contributed by atoms with Crippen molar-refractivity contribution in [1.29, 1.82) is 0 Å². The summed E-state index contributed by atoms with van der Waals surface area (Å²) in [4.78, 5) is 37.3. The highest BCUT2D eigenvalue weighted by Crippen LogP contribution is 2.55. The van der Waals surface area contributed by atoms with Crippen LogP contribution >= 0.6 is 0 Å². The third-order valence-electron chi connectivity index (χ3n) is 6.67. The zero-order valence-electron chi connectivity index (χ0n) is 14.5. The van der Waals surface area contributed by atoms with Crippen LogP contribution in [0.5, 0.6) is 0 Å². The summed E-state index contributed by atoms with van der Waals surface area (Å²) in [6.07, 6.45) is 8.33. The third kappa shape index (κ3) is 3.38. The molecular formula is C18H27N3O4. The van der Waals surface area contributed by atoms with Gasteiger partial charge in [0, 0.05) is 5.54 Å². The lowest BCUT2D eigenvalue weighted by Gasteiger charge is -2.56. The van der Waals surface area contributed by atoms with Crippen LogP contribution in [0.25, 0.3) is 0 Å². The van der Waals surface area contributed by atoms with Gasteiger partial charge in [0.2, 0.25) is 5.91 Å². The molecule has 4 saturated carbocycles. The summed E-state index contributed by atoms with van der Waals surface area (Å²) >= 11 is 0. The fourth-order valence-corrected chi connectivity index (χ4v) is 6.18. The number of rotatable bonds is 4. The Morgan fingerprint density at radius 2 is 1.64 bits per heavy atom. The van der Waals surface area contributed by atoms with Gasteiger partial charge in [0.1, 0.15) is 6.04 Å². The average Bonchev–Trinajstić information content (AvgIpc) is 2.92. The number of carboxylic acids is 1. The molecule has 0 aromatic carbocycles. The van der Waals surface area contributed by atoms with E-state index < -0.39 is 23.9 Å². The fourth-order valence-electron chi connectivity index (χ4n) is 6.18. The molecule has 5 aliphatic rings. The van der Waals surface area contributed by atoms with E-state index in [4.69, 9.17) is 5.11 Å². The third-order valence-corrected chi connectivity index (χ3v) is 6.67. The Hall–Kier alpha value is -1.63. The first-order valence-electron chi connectivity index (χ1n) is 9.51. The van der Waals surface area contributed by atoms with Gasteiger partial charge < -0.3 is 10.4 Å². The number of imide groups is 1. The van der Waals surface area contributed by atoms with Crippen molar-refractivity contribution in [1.82, 2.24) is 15.5 Å². The van der Waals surface area contributed by atoms with Gasteiger partial charge in [0.15, 0.2) is 0 Å². The van der Waals surface area contributed by atoms with E-state index in [1.54, 1.807) is 4.90 Å². The number of hydrogen-bond donors (Lipinski definition) is 3. The predicted molar refractivity (Wildman–Crippen MR) is 89.8 cm³/mol. The molecule has 5 fully saturated rings. The van der Waals surface area contributed by atoms with E-state index in [0.29, 0.717) is 13.0 Å². The molecule has 3 amide bonds. The van der Waals surface area contributed by atoms with Crippen molar-refractivity contribution in [3.63, 3.8) is 0 Å². The van der Waals surface area contributed by atoms with Crippen LogP contribution in [-0.2, 0) is 9.59 Å². The maximum Gasteiger partial charge on any atom is 0.321 e. The summed E-state index contributed by atoms with van der Waals surface area (Å²) in [5.74, 6) is 0.855. The highest BCUT2D eigenvalue weighted by atomic mass is 16.4. The van der Waals surface area contributed by atoms with Crippen LogP contribution in [0.3, 0.4) is 0 Å². The molecule has 1 atom stereocenters. The van der Waals surface area contributed by atoms with Crippen molar-refractivity contribution in [2.45, 2.75) is 62.9 Å². The number of carbonyl (C=O) groups is 3. The molecule has 1 saturated heterocycles. The molecule has 7 nitrogen and oxygen atoms in total. The molecular weight excluding hydrogens is 322 g/mol. The molecule has 25 heavy (non-hydrogen) atoms. The lowest BCUT2D eigenvalue weighted by Crippen LogP contribution is -2.62. The second-order valence-electron chi connectivity index (χ2n) is 8.67. The zero-order valence-corrected chi connectivity index (χ0v) is 14.5. The molecule has 0 aromatic rings. The number of amides is 3. The van der Waals surface area contributed by atoms with Gasteiger partial charge in [-0.3, -0.25) is 19.8 Å². The van der Waals surface area contributed by atoms with E-state index in [2.05, 4.69) is 10.6 Å². The van der Waals surface area contributed by atoms with Gasteiger partial charge in [0.25, 0.3) is 0 Å². The Kier molecular flexibility index (Phi) is 4.22. The molecule has 0 radical (unpaired) electrons. The van der Waals surface area contributed by atoms with E-state index >= 15 is 0 Å². The first kappa shape index (κ1) is 16.8. The van der Waals surface area contributed by atoms with E-state index in [1.807, 2.05) is 0 Å². The number of aliphatic carboxylic acids is 1. The number of urea groups is 1. The number of carbonyl (C=O) groups excluding carboxylic acids is 2. The number of hydrogen-bond acceptors (Lipinski definition) is 4. The average molecular weight is 349 g/mol. The van der Waals surface area contributed by atoms with Crippen molar-refractivity contribution >= 4 is 17.9 Å². The fraction of sp³-hybridized carbons (Fsp3) is 0.833. The van der Waals surface area contributed by atoms with Gasteiger partial charge >= 0.3 is 12.0 Å². The summed E-state index contributed by atoms with van der Waals surface area (Å²) in [5, 5.41) is 14.7. The van der Waals surface area contributed by atoms with Crippen molar-refractivity contribution in [2.75, 3.05) is 13.1 Å². The first-order chi connectivity index (χ1) is 11.9. The van der Waals surface area contributed by atoms with Gasteiger partial charge in [-0.05, 0) is 75.7 Å². The molecule has 3 N–H and O–H groups in total. The number of carboxylic acid groups (broad SMARTS) is 1. The van der Waals surface area contributed by atoms with Crippen LogP contribution in [0, 0.1) is 17.8 Å². The molecule has 1 aliphatic heterocycles. The molecule has 0 aromatic heterocycles. The van der Waals surface area contributed by atoms with Gasteiger partial charge in [0.05, 0.1) is 6.54 Å². The van der Waals surface area contributed by atoms with Crippen LogP contribution < -0.4 is 10.6 Å². The van der Waals surface area contributed by atoms with Crippen LogP contribution in [0.4, 0.5) is 4.79 Å². The second-order valence-corrected chi connectivity index (χ2v) is 8.67. The maximum absolute atomic E-state index is 12.3. The molecule has 0 spiro atoms. The summed E-state index contributed by atoms with van der Waals surface area (Å²) in [7, 11) is 0. The molecule has 4 bridgehead atoms. The van der Waals surface area contributed by atoms with Crippen molar-refractivity contribution in [2.24, 2.45) is 17.8 Å². The minimum absolute atomic E-state index is 0.0364. The van der Waals surface area contributed by atoms with Gasteiger partial charge in [-0.15, -0.1) is 0 Å². The Labute approximate surface area is 147 Å². The SMILES string of the molecule is O=C(CN1CCCC1C(=O)O)NC(=O)NC12CC3CC(CC(C3)C1)C2. The van der Waals surface area contributed by atoms with Crippen LogP contribution in [0.1, 0.15) is 51.4 Å². The minimum Gasteiger partial charge on any atom is -0.480 e. The van der Waals surface area contributed by atoms with Crippen molar-refractivity contribution in [3.8, 4) is 0 Å². The monoisotopic (exact) mass is 349 g/mol. The highest BCUT2D eigenvalue weighted by molar-refractivity contribution is 5.95. The Balaban J connectivity index is 1.30. The van der Waals surface area contributed by atoms with E-state index in [1.165, 1.54) is 19.3 Å². The standard InChI is InChI=1S/C18H27N3O4/c22-15(10-21-3-1-2-14(21)16(23)24)19-17(25)20-18-7-11-4-12(8-18)6-13(5-11)9-18/h11-14H,1-10H2,(H,23,24)(H2,19,20,22,25). The molecule has 1 heterocycles. The number of likely N-dealkylation sites (tertiary alicyclic amines) is 1. The number of nitrogens with one attached hydrogen (secondary N) is 2. The topological polar surface area (TPSA) is 98.7 Å². The first-order valence-corrected chi connectivity index (χ1v) is 9.51. The molecule has 1 unspecified atom stereocenters. The molecule has 5 rings (SSSR count). The lowest BCUT2D eigenvalue weighted by molar-refractivity contribution is -0.142. The predicted octanol–water partition coefficient (Wildman–Crippen LogP) is 1.33. The van der Waals surface area contributed by atoms with E-state index in [0.717, 1.165) is 43.4 Å². The Bertz CT molecular complexity index is 556. The summed E-state index contributed by atoms with van der Waals surface area (Å²) in [5.41, 5.74) is -0.129. The van der Waals surface area contributed by atoms with Gasteiger partial charge in [-0.1, -0.05) is 0 Å². The molecule has 7 heteroatoms. The Morgan fingerprint density at radius 1 is 1.04 bits per heavy atom. The van der Waals surface area contributed by atoms with Gasteiger partial charge in [-0.2, -0.15) is 0 Å². The normalized spacial score (nSPS) is 39.4. The summed E-state index contributed by atoms with van der Waals surface area (Å²) in [6.45, 7) is 0.548. The largest absolute Gasteiger partial charge is 0.480 e. The quantitative estimate of drug-likeness (QED) is 0.711. The minimum atomic E-state index is -0.900.